The van der Waals surface area contributed by atoms with Gasteiger partial charge in [-0.3, -0.25) is 4.79 Å². The predicted molar refractivity (Wildman–Crippen MR) is 75.4 cm³/mol. The number of carboxylic acids is 1. The second-order valence-electron chi connectivity index (χ2n) is 5.92. The number of nitrogens with one attached hydrogen (secondary N) is 2. The van der Waals surface area contributed by atoms with Gasteiger partial charge in [-0.2, -0.15) is 0 Å². The molecule has 2 rings (SSSR count). The van der Waals surface area contributed by atoms with Crippen LogP contribution in [0.3, 0.4) is 0 Å². The fraction of sp³-hybridized carbons (Fsp3) is 0.714. The first-order valence-electron chi connectivity index (χ1n) is 7.12. The smallest absolute Gasteiger partial charge is 0.315 e. The van der Waals surface area contributed by atoms with Gasteiger partial charge in [-0.1, -0.05) is 19.1 Å². The maximum Gasteiger partial charge on any atom is 0.315 e. The zero-order chi connectivity index (χ0) is 14.7. The predicted octanol–water partition coefficient (Wildman–Crippen LogP) is 0.655. The molecule has 1 aliphatic heterocycles. The minimum atomic E-state index is -0.838. The molecule has 20 heavy (non-hydrogen) atoms. The second-order valence-corrected chi connectivity index (χ2v) is 5.92. The van der Waals surface area contributed by atoms with E-state index in [0.29, 0.717) is 12.3 Å². The van der Waals surface area contributed by atoms with Gasteiger partial charge < -0.3 is 20.6 Å². The molecule has 0 spiro atoms. The summed E-state index contributed by atoms with van der Waals surface area (Å²) in [7, 11) is 2.09. The van der Waals surface area contributed by atoms with Gasteiger partial charge in [-0.25, -0.2) is 4.79 Å². The molecular formula is C14H23N3O3. The molecular weight excluding hydrogens is 258 g/mol. The molecule has 0 bridgehead atoms. The van der Waals surface area contributed by atoms with Crippen molar-refractivity contribution in [1.29, 1.82) is 0 Å². The normalized spacial score (nSPS) is 33.9. The number of nitrogens with zero attached hydrogens (tertiary/aromatic N) is 1. The van der Waals surface area contributed by atoms with Crippen LogP contribution >= 0.6 is 0 Å². The van der Waals surface area contributed by atoms with Crippen molar-refractivity contribution in [3.8, 4) is 0 Å². The van der Waals surface area contributed by atoms with E-state index >= 15 is 0 Å². The summed E-state index contributed by atoms with van der Waals surface area (Å²) in [5, 5.41) is 14.7. The zero-order valence-corrected chi connectivity index (χ0v) is 12.0. The Labute approximate surface area is 119 Å². The van der Waals surface area contributed by atoms with Crippen molar-refractivity contribution in [1.82, 2.24) is 15.5 Å². The quantitative estimate of drug-likeness (QED) is 0.664. The van der Waals surface area contributed by atoms with Gasteiger partial charge in [0.25, 0.3) is 0 Å². The topological polar surface area (TPSA) is 81.7 Å². The van der Waals surface area contributed by atoms with Crippen LogP contribution in [0.4, 0.5) is 4.79 Å². The van der Waals surface area contributed by atoms with E-state index in [1.165, 1.54) is 0 Å². The van der Waals surface area contributed by atoms with Gasteiger partial charge in [-0.05, 0) is 32.4 Å². The molecule has 0 aromatic heterocycles. The van der Waals surface area contributed by atoms with Gasteiger partial charge in [0.15, 0.2) is 0 Å². The van der Waals surface area contributed by atoms with Crippen LogP contribution in [0.15, 0.2) is 12.2 Å². The molecule has 1 heterocycles. The Bertz CT molecular complexity index is 410. The highest BCUT2D eigenvalue weighted by atomic mass is 16.4. The van der Waals surface area contributed by atoms with Crippen molar-refractivity contribution in [2.24, 2.45) is 11.8 Å². The number of piperidine rings is 1. The monoisotopic (exact) mass is 281 g/mol. The number of amides is 2. The molecule has 6 heteroatoms. The lowest BCUT2D eigenvalue weighted by Gasteiger charge is -2.35. The van der Waals surface area contributed by atoms with Crippen LogP contribution in [0.5, 0.6) is 0 Å². The molecule has 0 radical (unpaired) electrons. The molecule has 1 aliphatic carbocycles. The van der Waals surface area contributed by atoms with Crippen molar-refractivity contribution in [2.75, 3.05) is 20.1 Å². The Balaban J connectivity index is 1.76. The third kappa shape index (κ3) is 3.72. The number of carboxylic acid groups (broad SMARTS) is 1. The highest BCUT2D eigenvalue weighted by Crippen LogP contribution is 2.18. The van der Waals surface area contributed by atoms with E-state index in [2.05, 4.69) is 29.5 Å². The van der Waals surface area contributed by atoms with Gasteiger partial charge >= 0.3 is 12.0 Å². The van der Waals surface area contributed by atoms with Crippen LogP contribution in [0.1, 0.15) is 19.8 Å². The van der Waals surface area contributed by atoms with E-state index in [9.17, 15) is 9.59 Å². The number of rotatable bonds is 3. The van der Waals surface area contributed by atoms with Crippen molar-refractivity contribution in [3.63, 3.8) is 0 Å². The van der Waals surface area contributed by atoms with Crippen molar-refractivity contribution >= 4 is 12.0 Å². The highest BCUT2D eigenvalue weighted by molar-refractivity contribution is 5.76. The largest absolute Gasteiger partial charge is 0.481 e. The molecule has 1 fully saturated rings. The molecule has 2 amide bonds. The number of hydrogen-bond donors (Lipinski definition) is 3. The Morgan fingerprint density at radius 3 is 2.65 bits per heavy atom. The lowest BCUT2D eigenvalue weighted by Crippen LogP contribution is -2.52. The average molecular weight is 281 g/mol. The van der Waals surface area contributed by atoms with E-state index in [1.807, 2.05) is 0 Å². The van der Waals surface area contributed by atoms with Crippen molar-refractivity contribution < 1.29 is 14.7 Å². The summed E-state index contributed by atoms with van der Waals surface area (Å²) in [6, 6.07) is -0.198. The number of likely N-dealkylation sites (tertiary alicyclic amines) is 1. The summed E-state index contributed by atoms with van der Waals surface area (Å²) in [6.45, 7) is 4.10. The third-order valence-corrected chi connectivity index (χ3v) is 4.14. The number of carbonyl (C=O) groups excluding carboxylic acids is 1. The van der Waals surface area contributed by atoms with Crippen LogP contribution in [0.25, 0.3) is 0 Å². The lowest BCUT2D eigenvalue weighted by molar-refractivity contribution is -0.140. The van der Waals surface area contributed by atoms with Crippen LogP contribution < -0.4 is 10.6 Å². The summed E-state index contributed by atoms with van der Waals surface area (Å²) < 4.78 is 0. The lowest BCUT2D eigenvalue weighted by atomic mass is 9.94. The van der Waals surface area contributed by atoms with Gasteiger partial charge in [0.2, 0.25) is 0 Å². The van der Waals surface area contributed by atoms with Gasteiger partial charge in [-0.15, -0.1) is 0 Å². The van der Waals surface area contributed by atoms with E-state index in [1.54, 1.807) is 12.2 Å². The first kappa shape index (κ1) is 14.8. The minimum Gasteiger partial charge on any atom is -0.481 e. The summed E-state index contributed by atoms with van der Waals surface area (Å²) in [5.41, 5.74) is 0. The Morgan fingerprint density at radius 1 is 1.30 bits per heavy atom. The van der Waals surface area contributed by atoms with Crippen molar-refractivity contribution in [2.45, 2.75) is 31.8 Å². The Kier molecular flexibility index (Phi) is 4.65. The number of hydrogen-bond acceptors (Lipinski definition) is 3. The molecule has 0 aromatic rings. The second kappa shape index (κ2) is 6.26. The number of carbonyl (C=O) groups is 2. The van der Waals surface area contributed by atoms with Gasteiger partial charge in [0.1, 0.15) is 0 Å². The number of aliphatic carboxylic acids is 1. The first-order valence-corrected chi connectivity index (χ1v) is 7.12. The molecule has 0 saturated carbocycles. The fourth-order valence-corrected chi connectivity index (χ4v) is 2.94. The SMILES string of the molecule is CC1CN(C)CCC1NC(=O)NC1C=CC(C(=O)O)C1. The van der Waals surface area contributed by atoms with E-state index in [0.717, 1.165) is 19.5 Å². The van der Waals surface area contributed by atoms with Crippen LogP contribution in [0, 0.1) is 11.8 Å². The highest BCUT2D eigenvalue weighted by Gasteiger charge is 2.28. The zero-order valence-electron chi connectivity index (χ0n) is 12.0. The molecule has 4 unspecified atom stereocenters. The summed E-state index contributed by atoms with van der Waals surface area (Å²) in [6.07, 6.45) is 4.79. The summed E-state index contributed by atoms with van der Waals surface area (Å²) in [4.78, 5) is 25.1. The fourth-order valence-electron chi connectivity index (χ4n) is 2.94. The van der Waals surface area contributed by atoms with E-state index in [-0.39, 0.29) is 18.1 Å². The molecule has 0 aromatic carbocycles. The molecule has 6 nitrogen and oxygen atoms in total. The number of urea groups is 1. The van der Waals surface area contributed by atoms with E-state index < -0.39 is 11.9 Å². The molecule has 1 saturated heterocycles. The van der Waals surface area contributed by atoms with Crippen LogP contribution in [-0.4, -0.2) is 54.2 Å². The van der Waals surface area contributed by atoms with Crippen LogP contribution in [-0.2, 0) is 4.79 Å². The van der Waals surface area contributed by atoms with Gasteiger partial charge in [0.05, 0.1) is 12.0 Å². The van der Waals surface area contributed by atoms with Crippen LogP contribution in [0.2, 0.25) is 0 Å². The molecule has 112 valence electrons. The Hall–Kier alpha value is -1.56. The maximum atomic E-state index is 12.0. The maximum absolute atomic E-state index is 12.0. The standard InChI is InChI=1S/C14H23N3O3/c1-9-8-17(2)6-5-12(9)16-14(20)15-11-4-3-10(7-11)13(18)19/h3-4,9-12H,5-8H2,1-2H3,(H,18,19)(H2,15,16,20). The van der Waals surface area contributed by atoms with E-state index in [4.69, 9.17) is 5.11 Å². The molecule has 4 atom stereocenters. The molecule has 2 aliphatic rings. The summed E-state index contributed by atoms with van der Waals surface area (Å²) in [5.74, 6) is -0.900. The Morgan fingerprint density at radius 2 is 2.05 bits per heavy atom. The first-order chi connectivity index (χ1) is 9.45. The average Bonchev–Trinajstić information content (AvgIpc) is 2.81. The minimum absolute atomic E-state index is 0.183. The van der Waals surface area contributed by atoms with Gasteiger partial charge in [0, 0.05) is 12.6 Å². The third-order valence-electron chi connectivity index (χ3n) is 4.14. The molecule has 3 N–H and O–H groups in total. The van der Waals surface area contributed by atoms with Crippen molar-refractivity contribution in [3.05, 3.63) is 12.2 Å². The summed E-state index contributed by atoms with van der Waals surface area (Å²) >= 11 is 0.